The number of carbonyl (C=O) groups excluding carboxylic acids is 2. The lowest BCUT2D eigenvalue weighted by atomic mass is 9.96. The molecule has 29 heavy (non-hydrogen) atoms. The third-order valence-electron chi connectivity index (χ3n) is 5.50. The molecule has 7 nitrogen and oxygen atoms in total. The van der Waals surface area contributed by atoms with Crippen LogP contribution in [0.3, 0.4) is 0 Å². The first-order valence-electron chi connectivity index (χ1n) is 9.76. The molecule has 2 fully saturated rings. The number of imide groups is 1. The van der Waals surface area contributed by atoms with Gasteiger partial charge in [0.05, 0.1) is 12.2 Å². The zero-order valence-corrected chi connectivity index (χ0v) is 16.6. The highest BCUT2D eigenvalue weighted by molar-refractivity contribution is 6.23. The van der Waals surface area contributed by atoms with Crippen LogP contribution in [-0.4, -0.2) is 23.4 Å². The van der Waals surface area contributed by atoms with Crippen LogP contribution in [-0.2, 0) is 11.3 Å². The van der Waals surface area contributed by atoms with Crippen molar-refractivity contribution in [2.45, 2.75) is 38.8 Å². The van der Waals surface area contributed by atoms with Crippen molar-refractivity contribution >= 4 is 29.3 Å². The second kappa shape index (κ2) is 7.24. The molecule has 1 aliphatic carbocycles. The van der Waals surface area contributed by atoms with Crippen LogP contribution >= 0.6 is 0 Å². The van der Waals surface area contributed by atoms with Gasteiger partial charge >= 0.3 is 6.03 Å². The van der Waals surface area contributed by atoms with E-state index >= 15 is 0 Å². The molecule has 0 bridgehead atoms. The second-order valence-electron chi connectivity index (χ2n) is 7.91. The van der Waals surface area contributed by atoms with Crippen LogP contribution < -0.4 is 21.3 Å². The first-order valence-corrected chi connectivity index (χ1v) is 9.76. The van der Waals surface area contributed by atoms with Crippen LogP contribution in [0.5, 0.6) is 0 Å². The number of nitrogens with zero attached hydrogens (tertiary/aromatic N) is 2. The molecule has 0 spiro atoms. The summed E-state index contributed by atoms with van der Waals surface area (Å²) in [6.45, 7) is 4.16. The lowest BCUT2D eigenvalue weighted by Gasteiger charge is -2.21. The highest BCUT2D eigenvalue weighted by atomic mass is 16.2. The number of nitrogens with two attached hydrogens (primary N) is 1. The number of hydrogen-bond acceptors (Lipinski definition) is 3. The summed E-state index contributed by atoms with van der Waals surface area (Å²) in [7, 11) is 0. The highest BCUT2D eigenvalue weighted by Crippen LogP contribution is 2.43. The number of nitrogens with one attached hydrogen (secondary N) is 2. The Balaban J connectivity index is 1.47. The predicted molar refractivity (Wildman–Crippen MR) is 114 cm³/mol. The van der Waals surface area contributed by atoms with Crippen molar-refractivity contribution < 1.29 is 9.59 Å². The molecule has 1 heterocycles. The molecule has 2 aliphatic rings. The minimum Gasteiger partial charge on any atom is -0.370 e. The molecule has 7 heteroatoms. The summed E-state index contributed by atoms with van der Waals surface area (Å²) in [5.74, 6) is 0.341. The van der Waals surface area contributed by atoms with Gasteiger partial charge in [0.1, 0.15) is 5.54 Å². The largest absolute Gasteiger partial charge is 0.370 e. The van der Waals surface area contributed by atoms with Crippen LogP contribution in [0.15, 0.2) is 53.5 Å². The van der Waals surface area contributed by atoms with E-state index in [2.05, 4.69) is 15.6 Å². The van der Waals surface area contributed by atoms with Gasteiger partial charge in [-0.25, -0.2) is 14.7 Å². The molecule has 0 radical (unpaired) electrons. The summed E-state index contributed by atoms with van der Waals surface area (Å²) in [6.07, 6.45) is 1.94. The monoisotopic (exact) mass is 391 g/mol. The van der Waals surface area contributed by atoms with Gasteiger partial charge in [-0.3, -0.25) is 4.79 Å². The minimum atomic E-state index is -0.798. The van der Waals surface area contributed by atoms with Gasteiger partial charge < -0.3 is 16.4 Å². The molecule has 1 unspecified atom stereocenters. The number of aliphatic imine (C=N–C) groups is 1. The van der Waals surface area contributed by atoms with Crippen molar-refractivity contribution in [2.75, 3.05) is 10.2 Å². The Bertz CT molecular complexity index is 998. The third-order valence-corrected chi connectivity index (χ3v) is 5.50. The van der Waals surface area contributed by atoms with Gasteiger partial charge in [0, 0.05) is 5.69 Å². The Morgan fingerprint density at radius 2 is 2.00 bits per heavy atom. The summed E-state index contributed by atoms with van der Waals surface area (Å²) in [4.78, 5) is 31.0. The second-order valence-corrected chi connectivity index (χ2v) is 7.91. The van der Waals surface area contributed by atoms with Crippen molar-refractivity contribution in [3.8, 4) is 0 Å². The maximum Gasteiger partial charge on any atom is 0.329 e. The summed E-state index contributed by atoms with van der Waals surface area (Å²) in [5.41, 5.74) is 8.61. The van der Waals surface area contributed by atoms with Crippen molar-refractivity contribution in [1.82, 2.24) is 5.32 Å². The number of anilines is 2. The summed E-state index contributed by atoms with van der Waals surface area (Å²) in [6, 6.07) is 14.8. The van der Waals surface area contributed by atoms with E-state index in [1.54, 1.807) is 12.1 Å². The molecule has 0 aromatic heterocycles. The maximum atomic E-state index is 12.9. The van der Waals surface area contributed by atoms with Crippen molar-refractivity contribution in [3.05, 3.63) is 59.7 Å². The first kappa shape index (κ1) is 19.0. The van der Waals surface area contributed by atoms with Gasteiger partial charge in [-0.05, 0) is 68.0 Å². The van der Waals surface area contributed by atoms with E-state index in [4.69, 9.17) is 5.73 Å². The molecule has 4 N–H and O–H groups in total. The summed E-state index contributed by atoms with van der Waals surface area (Å²) in [5, 5.41) is 5.94. The van der Waals surface area contributed by atoms with Gasteiger partial charge in [0.2, 0.25) is 0 Å². The molecule has 1 saturated carbocycles. The number of rotatable bonds is 5. The van der Waals surface area contributed by atoms with E-state index in [0.717, 1.165) is 29.7 Å². The van der Waals surface area contributed by atoms with Gasteiger partial charge in [0.25, 0.3) is 5.91 Å². The van der Waals surface area contributed by atoms with Crippen LogP contribution in [0.1, 0.15) is 30.9 Å². The van der Waals surface area contributed by atoms with Crippen molar-refractivity contribution in [3.63, 3.8) is 0 Å². The molecule has 1 saturated heterocycles. The number of amides is 3. The lowest BCUT2D eigenvalue weighted by Crippen LogP contribution is -2.46. The smallest absolute Gasteiger partial charge is 0.329 e. The Morgan fingerprint density at radius 1 is 1.24 bits per heavy atom. The van der Waals surface area contributed by atoms with E-state index < -0.39 is 5.54 Å². The Kier molecular flexibility index (Phi) is 4.74. The van der Waals surface area contributed by atoms with Gasteiger partial charge in [0.15, 0.2) is 5.96 Å². The van der Waals surface area contributed by atoms with Crippen LogP contribution in [0.25, 0.3) is 0 Å². The van der Waals surface area contributed by atoms with Crippen molar-refractivity contribution in [1.29, 1.82) is 0 Å². The zero-order chi connectivity index (χ0) is 20.6. The molecular formula is C22H25N5O2. The normalized spacial score (nSPS) is 22.0. The fourth-order valence-corrected chi connectivity index (χ4v) is 3.71. The zero-order valence-electron chi connectivity index (χ0n) is 16.6. The molecule has 2 aromatic rings. The Hall–Kier alpha value is -3.35. The van der Waals surface area contributed by atoms with Crippen LogP contribution in [0, 0.1) is 12.8 Å². The summed E-state index contributed by atoms with van der Waals surface area (Å²) >= 11 is 0. The fourth-order valence-electron chi connectivity index (χ4n) is 3.71. The highest BCUT2D eigenvalue weighted by Gasteiger charge is 2.56. The molecule has 3 amide bonds. The number of carbonyl (C=O) groups is 2. The average molecular weight is 391 g/mol. The minimum absolute atomic E-state index is 0.189. The van der Waals surface area contributed by atoms with E-state index in [0.29, 0.717) is 18.2 Å². The van der Waals surface area contributed by atoms with E-state index in [1.807, 2.05) is 50.2 Å². The van der Waals surface area contributed by atoms with Crippen LogP contribution in [0.4, 0.5) is 16.2 Å². The van der Waals surface area contributed by atoms with Gasteiger partial charge in [-0.15, -0.1) is 0 Å². The maximum absolute atomic E-state index is 12.9. The molecule has 2 aromatic carbocycles. The van der Waals surface area contributed by atoms with Gasteiger partial charge in [-0.2, -0.15) is 0 Å². The third kappa shape index (κ3) is 3.81. The van der Waals surface area contributed by atoms with E-state index in [1.165, 1.54) is 4.90 Å². The topological polar surface area (TPSA) is 99.8 Å². The summed E-state index contributed by atoms with van der Waals surface area (Å²) < 4.78 is 0. The molecule has 1 aliphatic heterocycles. The van der Waals surface area contributed by atoms with E-state index in [-0.39, 0.29) is 17.9 Å². The molecule has 1 atom stereocenters. The Labute approximate surface area is 170 Å². The standard InChI is InChI=1S/C22H25N5O2/c1-14-5-3-7-17(11-14)25-20(23)24-13-15-6-4-8-18(12-15)27-19(28)22(2,16-9-10-16)26-21(27)29/h3-8,11-12,16H,9-10,13H2,1-2H3,(H,26,29)(H3,23,24,25). The van der Waals surface area contributed by atoms with Crippen molar-refractivity contribution in [2.24, 2.45) is 16.6 Å². The number of aryl methyl sites for hydroxylation is 1. The molecule has 4 rings (SSSR count). The van der Waals surface area contributed by atoms with Gasteiger partial charge in [-0.1, -0.05) is 24.3 Å². The molecule has 150 valence electrons. The van der Waals surface area contributed by atoms with E-state index in [9.17, 15) is 9.59 Å². The lowest BCUT2D eigenvalue weighted by molar-refractivity contribution is -0.122. The fraction of sp³-hybridized carbons (Fsp3) is 0.318. The average Bonchev–Trinajstić information content (AvgIpc) is 3.49. The number of guanidine groups is 1. The predicted octanol–water partition coefficient (Wildman–Crippen LogP) is 3.15. The molecular weight excluding hydrogens is 366 g/mol. The number of benzene rings is 2. The Morgan fingerprint density at radius 3 is 2.72 bits per heavy atom. The number of hydrogen-bond donors (Lipinski definition) is 3. The quantitative estimate of drug-likeness (QED) is 0.414. The van der Waals surface area contributed by atoms with Crippen LogP contribution in [0.2, 0.25) is 0 Å². The number of urea groups is 1. The first-order chi connectivity index (χ1) is 13.9. The SMILES string of the molecule is Cc1cccc(NC(N)=NCc2cccc(N3C(=O)NC(C)(C4CC4)C3=O)c2)c1.